The molecule has 5 unspecified atom stereocenters. The predicted octanol–water partition coefficient (Wildman–Crippen LogP) is -0.373. The number of benzene rings is 1. The standard InChI is InChI=1S/C27H41N7O6/c1-3-15(2)23(34-24(36)18(29)13-22(30)35)26(38)33-21(12-16-14-31-19-9-5-4-8-17(16)19)25(37)32-20(27(39)40)10-6-7-11-28/h4-5,8-9,14-15,18,20-21,23,31H,3,6-7,10-13,28-29H2,1-2H3,(H2,30,35)(H,32,37)(H,33,38)(H,34,36)(H,39,40). The number of carboxylic acid groups (broad SMARTS) is 1. The van der Waals surface area contributed by atoms with Crippen LogP contribution in [0.2, 0.25) is 0 Å². The molecule has 1 aromatic heterocycles. The van der Waals surface area contributed by atoms with Crippen molar-refractivity contribution in [1.29, 1.82) is 0 Å². The van der Waals surface area contributed by atoms with Crippen molar-refractivity contribution in [3.8, 4) is 0 Å². The van der Waals surface area contributed by atoms with Gasteiger partial charge in [-0.3, -0.25) is 19.2 Å². The van der Waals surface area contributed by atoms with Gasteiger partial charge in [-0.1, -0.05) is 38.5 Å². The molecule has 40 heavy (non-hydrogen) atoms. The molecule has 5 atom stereocenters. The Balaban J connectivity index is 2.32. The number of unbranched alkanes of at least 4 members (excludes halogenated alkanes) is 1. The number of rotatable bonds is 17. The normalized spacial score (nSPS) is 14.9. The molecule has 0 aliphatic heterocycles. The van der Waals surface area contributed by atoms with Gasteiger partial charge in [-0.15, -0.1) is 0 Å². The highest BCUT2D eigenvalue weighted by Crippen LogP contribution is 2.20. The maximum absolute atomic E-state index is 13.5. The van der Waals surface area contributed by atoms with Gasteiger partial charge < -0.3 is 43.2 Å². The lowest BCUT2D eigenvalue weighted by Crippen LogP contribution is -2.59. The molecule has 1 aromatic carbocycles. The zero-order valence-electron chi connectivity index (χ0n) is 22.9. The van der Waals surface area contributed by atoms with E-state index in [1.54, 1.807) is 13.1 Å². The highest BCUT2D eigenvalue weighted by Gasteiger charge is 2.33. The number of aromatic nitrogens is 1. The van der Waals surface area contributed by atoms with Crippen molar-refractivity contribution < 1.29 is 29.1 Å². The van der Waals surface area contributed by atoms with Crippen molar-refractivity contribution in [3.63, 3.8) is 0 Å². The van der Waals surface area contributed by atoms with Crippen LogP contribution in [0.25, 0.3) is 10.9 Å². The molecule has 0 saturated carbocycles. The van der Waals surface area contributed by atoms with Crippen molar-refractivity contribution in [2.45, 2.75) is 76.5 Å². The van der Waals surface area contributed by atoms with Crippen molar-refractivity contribution in [3.05, 3.63) is 36.0 Å². The number of nitrogens with two attached hydrogens (primary N) is 3. The van der Waals surface area contributed by atoms with E-state index in [9.17, 15) is 29.1 Å². The number of carboxylic acids is 1. The van der Waals surface area contributed by atoms with E-state index in [0.717, 1.165) is 16.5 Å². The zero-order valence-corrected chi connectivity index (χ0v) is 22.9. The quantitative estimate of drug-likeness (QED) is 0.119. The van der Waals surface area contributed by atoms with Crippen molar-refractivity contribution in [2.75, 3.05) is 6.54 Å². The number of aromatic amines is 1. The molecule has 1 heterocycles. The molecule has 13 heteroatoms. The first-order valence-electron chi connectivity index (χ1n) is 13.4. The van der Waals surface area contributed by atoms with Gasteiger partial charge in [-0.2, -0.15) is 0 Å². The Morgan fingerprint density at radius 2 is 1.65 bits per heavy atom. The summed E-state index contributed by atoms with van der Waals surface area (Å²) in [5, 5.41) is 18.3. The lowest BCUT2D eigenvalue weighted by atomic mass is 9.96. The molecule has 0 fully saturated rings. The molecular weight excluding hydrogens is 518 g/mol. The van der Waals surface area contributed by atoms with Crippen molar-refractivity contribution in [1.82, 2.24) is 20.9 Å². The monoisotopic (exact) mass is 559 g/mol. The first-order valence-corrected chi connectivity index (χ1v) is 13.4. The molecule has 0 spiro atoms. The van der Waals surface area contributed by atoms with Crippen LogP contribution >= 0.6 is 0 Å². The number of carbonyl (C=O) groups excluding carboxylic acids is 4. The Morgan fingerprint density at radius 3 is 2.27 bits per heavy atom. The molecule has 0 aliphatic carbocycles. The number of para-hydroxylation sites is 1. The highest BCUT2D eigenvalue weighted by atomic mass is 16.4. The minimum atomic E-state index is -1.24. The van der Waals surface area contributed by atoms with Gasteiger partial charge in [0.15, 0.2) is 0 Å². The number of aliphatic carboxylic acids is 1. The Hall–Kier alpha value is -3.97. The van der Waals surface area contributed by atoms with Gasteiger partial charge in [-0.25, -0.2) is 4.79 Å². The molecule has 2 aromatic rings. The van der Waals surface area contributed by atoms with Gasteiger partial charge in [0.1, 0.15) is 18.1 Å². The van der Waals surface area contributed by atoms with Gasteiger partial charge in [0.2, 0.25) is 23.6 Å². The van der Waals surface area contributed by atoms with Crippen LogP contribution < -0.4 is 33.2 Å². The van der Waals surface area contributed by atoms with E-state index in [4.69, 9.17) is 17.2 Å². The Kier molecular flexibility index (Phi) is 12.6. The number of carbonyl (C=O) groups is 5. The first kappa shape index (κ1) is 32.2. The minimum absolute atomic E-state index is 0.0547. The molecule has 0 radical (unpaired) electrons. The summed E-state index contributed by atoms with van der Waals surface area (Å²) in [4.78, 5) is 65.7. The summed E-state index contributed by atoms with van der Waals surface area (Å²) in [6, 6.07) is 2.79. The van der Waals surface area contributed by atoms with Crippen LogP contribution in [0.4, 0.5) is 0 Å². The molecule has 0 saturated heterocycles. The molecule has 13 nitrogen and oxygen atoms in total. The topological polar surface area (TPSA) is 236 Å². The van der Waals surface area contributed by atoms with E-state index >= 15 is 0 Å². The largest absolute Gasteiger partial charge is 0.480 e. The maximum Gasteiger partial charge on any atom is 0.326 e. The predicted molar refractivity (Wildman–Crippen MR) is 150 cm³/mol. The third kappa shape index (κ3) is 9.35. The Bertz CT molecular complexity index is 1180. The zero-order chi connectivity index (χ0) is 29.8. The average molecular weight is 560 g/mol. The summed E-state index contributed by atoms with van der Waals surface area (Å²) >= 11 is 0. The summed E-state index contributed by atoms with van der Waals surface area (Å²) in [6.07, 6.45) is 3.17. The van der Waals surface area contributed by atoms with Gasteiger partial charge in [-0.05, 0) is 43.4 Å². The van der Waals surface area contributed by atoms with Crippen LogP contribution in [0.3, 0.4) is 0 Å². The SMILES string of the molecule is CCC(C)C(NC(=O)C(N)CC(N)=O)C(=O)NC(Cc1c[nH]c2ccccc12)C(=O)NC(CCCCN)C(=O)O. The Labute approximate surface area is 233 Å². The molecule has 0 aliphatic rings. The number of H-pyrrole nitrogens is 1. The second-order valence-electron chi connectivity index (χ2n) is 9.96. The fraction of sp³-hybridized carbons (Fsp3) is 0.519. The van der Waals surface area contributed by atoms with Crippen molar-refractivity contribution >= 4 is 40.5 Å². The number of amides is 4. The molecular formula is C27H41N7O6. The van der Waals surface area contributed by atoms with Gasteiger partial charge >= 0.3 is 5.97 Å². The summed E-state index contributed by atoms with van der Waals surface area (Å²) in [6.45, 7) is 3.97. The van der Waals surface area contributed by atoms with E-state index in [0.29, 0.717) is 25.8 Å². The summed E-state index contributed by atoms with van der Waals surface area (Å²) in [5.74, 6) is -4.38. The second kappa shape index (κ2) is 15.6. The summed E-state index contributed by atoms with van der Waals surface area (Å²) in [7, 11) is 0. The fourth-order valence-electron chi connectivity index (χ4n) is 4.29. The molecule has 220 valence electrons. The first-order chi connectivity index (χ1) is 19.0. The van der Waals surface area contributed by atoms with E-state index in [-0.39, 0.29) is 18.8 Å². The molecule has 11 N–H and O–H groups in total. The van der Waals surface area contributed by atoms with Gasteiger partial charge in [0.25, 0.3) is 0 Å². The number of hydrogen-bond donors (Lipinski definition) is 8. The molecule has 2 rings (SSSR count). The third-order valence-corrected chi connectivity index (χ3v) is 6.84. The van der Waals surface area contributed by atoms with E-state index < -0.39 is 60.2 Å². The maximum atomic E-state index is 13.5. The smallest absolute Gasteiger partial charge is 0.326 e. The average Bonchev–Trinajstić information content (AvgIpc) is 3.32. The van der Waals surface area contributed by atoms with Crippen LogP contribution in [-0.4, -0.2) is 70.4 Å². The lowest BCUT2D eigenvalue weighted by Gasteiger charge is -2.28. The number of fused-ring (bicyclic) bond motifs is 1. The second-order valence-corrected chi connectivity index (χ2v) is 9.96. The van der Waals surface area contributed by atoms with E-state index in [1.165, 1.54) is 0 Å². The molecule has 0 bridgehead atoms. The van der Waals surface area contributed by atoms with Crippen LogP contribution in [0.15, 0.2) is 30.5 Å². The number of nitrogens with one attached hydrogen (secondary N) is 4. The van der Waals surface area contributed by atoms with Crippen LogP contribution in [0.5, 0.6) is 0 Å². The van der Waals surface area contributed by atoms with Crippen molar-refractivity contribution in [2.24, 2.45) is 23.1 Å². The highest BCUT2D eigenvalue weighted by molar-refractivity contribution is 5.95. The summed E-state index contributed by atoms with van der Waals surface area (Å²) in [5.41, 5.74) is 18.0. The number of primary amides is 1. The third-order valence-electron chi connectivity index (χ3n) is 6.84. The molecule has 4 amide bonds. The van der Waals surface area contributed by atoms with E-state index in [1.807, 2.05) is 31.2 Å². The van der Waals surface area contributed by atoms with Crippen LogP contribution in [0.1, 0.15) is 51.5 Å². The van der Waals surface area contributed by atoms with Gasteiger partial charge in [0, 0.05) is 23.5 Å². The van der Waals surface area contributed by atoms with Crippen LogP contribution in [-0.2, 0) is 30.4 Å². The Morgan fingerprint density at radius 1 is 0.975 bits per heavy atom. The number of hydrogen-bond acceptors (Lipinski definition) is 7. The lowest BCUT2D eigenvalue weighted by molar-refractivity contribution is -0.142. The van der Waals surface area contributed by atoms with Gasteiger partial charge in [0.05, 0.1) is 12.5 Å². The van der Waals surface area contributed by atoms with E-state index in [2.05, 4.69) is 20.9 Å². The minimum Gasteiger partial charge on any atom is -0.480 e. The summed E-state index contributed by atoms with van der Waals surface area (Å²) < 4.78 is 0. The van der Waals surface area contributed by atoms with Crippen LogP contribution in [0, 0.1) is 5.92 Å². The fourth-order valence-corrected chi connectivity index (χ4v) is 4.29.